The third-order valence-electron chi connectivity index (χ3n) is 6.58. The molecule has 2 aromatic heterocycles. The highest BCUT2D eigenvalue weighted by molar-refractivity contribution is 7.99. The van der Waals surface area contributed by atoms with E-state index in [1.807, 2.05) is 105 Å². The number of nitrogens with zero attached hydrogens (tertiary/aromatic N) is 5. The molecule has 0 spiro atoms. The third kappa shape index (κ3) is 4.18. The van der Waals surface area contributed by atoms with Crippen LogP contribution >= 0.6 is 11.8 Å². The van der Waals surface area contributed by atoms with Crippen LogP contribution in [0.1, 0.15) is 29.7 Å². The number of fused-ring (bicyclic) bond motifs is 3. The average Bonchev–Trinajstić information content (AvgIpc) is 3.32. The minimum atomic E-state index is -0.150. The molecule has 0 saturated heterocycles. The van der Waals surface area contributed by atoms with Crippen molar-refractivity contribution < 1.29 is 4.79 Å². The highest BCUT2D eigenvalue weighted by Gasteiger charge is 2.22. The maximum absolute atomic E-state index is 13.6. The van der Waals surface area contributed by atoms with Crippen LogP contribution in [0.15, 0.2) is 82.7 Å². The summed E-state index contributed by atoms with van der Waals surface area (Å²) < 4.78 is 3.49. The first-order valence-electron chi connectivity index (χ1n) is 11.8. The van der Waals surface area contributed by atoms with Crippen molar-refractivity contribution in [3.05, 3.63) is 99.8 Å². The fourth-order valence-corrected chi connectivity index (χ4v) is 5.21. The molecule has 0 aliphatic carbocycles. The molecular formula is C28H27N5O2S. The lowest BCUT2D eigenvalue weighted by atomic mass is 10.1. The molecule has 0 N–H and O–H groups in total. The number of carbonyl (C=O) groups excluding carboxylic acids is 1. The normalized spacial score (nSPS) is 12.2. The van der Waals surface area contributed by atoms with Gasteiger partial charge in [0, 0.05) is 7.05 Å². The minimum Gasteiger partial charge on any atom is -0.338 e. The quantitative estimate of drug-likeness (QED) is 0.310. The second-order valence-electron chi connectivity index (χ2n) is 8.95. The SMILES string of the molecule is Cc1ccc(C)c(-n2c(=O)c3ccccc3n3c(SCC(=O)N(C)C(C)c4ccccc4)nnc23)c1. The Balaban J connectivity index is 1.55. The number of thioether (sulfide) groups is 1. The predicted octanol–water partition coefficient (Wildman–Crippen LogP) is 4.96. The second-order valence-corrected chi connectivity index (χ2v) is 9.89. The number of benzene rings is 3. The van der Waals surface area contributed by atoms with Crippen LogP contribution in [0.4, 0.5) is 0 Å². The molecule has 182 valence electrons. The first kappa shape index (κ1) is 23.8. The molecule has 0 fully saturated rings. The van der Waals surface area contributed by atoms with Crippen molar-refractivity contribution in [2.24, 2.45) is 0 Å². The highest BCUT2D eigenvalue weighted by Crippen LogP contribution is 2.26. The first-order valence-corrected chi connectivity index (χ1v) is 12.8. The predicted molar refractivity (Wildman–Crippen MR) is 144 cm³/mol. The molecule has 0 aliphatic rings. The number of carbonyl (C=O) groups is 1. The standard InChI is InChI=1S/C28H27N5O2S/c1-18-14-15-19(2)24(16-18)32-26(35)22-12-8-9-13-23(22)33-27(32)29-30-28(33)36-17-25(34)31(4)20(3)21-10-6-5-7-11-21/h5-16,20H,17H2,1-4H3. The van der Waals surface area contributed by atoms with Gasteiger partial charge in [-0.25, -0.2) is 4.57 Å². The summed E-state index contributed by atoms with van der Waals surface area (Å²) in [5, 5.41) is 9.94. The zero-order valence-electron chi connectivity index (χ0n) is 20.7. The summed E-state index contributed by atoms with van der Waals surface area (Å²) in [6, 6.07) is 23.3. The number of amides is 1. The van der Waals surface area contributed by atoms with E-state index in [1.54, 1.807) is 9.47 Å². The van der Waals surface area contributed by atoms with Crippen LogP contribution in [0.25, 0.3) is 22.4 Å². The van der Waals surface area contributed by atoms with Gasteiger partial charge in [0.15, 0.2) is 5.16 Å². The Kier molecular flexibility index (Phi) is 6.36. The van der Waals surface area contributed by atoms with E-state index in [0.717, 1.165) is 22.4 Å². The molecular weight excluding hydrogens is 470 g/mol. The molecule has 0 bridgehead atoms. The maximum atomic E-state index is 13.6. The fourth-order valence-electron chi connectivity index (χ4n) is 4.35. The Morgan fingerprint density at radius 2 is 1.72 bits per heavy atom. The van der Waals surface area contributed by atoms with Gasteiger partial charge in [0.2, 0.25) is 11.7 Å². The van der Waals surface area contributed by atoms with E-state index < -0.39 is 0 Å². The molecule has 1 atom stereocenters. The molecule has 1 amide bonds. The van der Waals surface area contributed by atoms with Gasteiger partial charge in [0.1, 0.15) is 0 Å². The lowest BCUT2D eigenvalue weighted by molar-refractivity contribution is -0.128. The van der Waals surface area contributed by atoms with Crippen molar-refractivity contribution in [1.82, 2.24) is 24.1 Å². The number of hydrogen-bond donors (Lipinski definition) is 0. The van der Waals surface area contributed by atoms with Crippen LogP contribution in [-0.4, -0.2) is 42.8 Å². The smallest absolute Gasteiger partial charge is 0.267 e. The fraction of sp³-hybridized carbons (Fsp3) is 0.214. The van der Waals surface area contributed by atoms with Gasteiger partial charge in [-0.2, -0.15) is 0 Å². The summed E-state index contributed by atoms with van der Waals surface area (Å²) >= 11 is 1.32. The lowest BCUT2D eigenvalue weighted by Gasteiger charge is -2.25. The Morgan fingerprint density at radius 3 is 2.50 bits per heavy atom. The minimum absolute atomic E-state index is 0.0136. The van der Waals surface area contributed by atoms with Gasteiger partial charge < -0.3 is 4.90 Å². The Bertz CT molecular complexity index is 1640. The summed E-state index contributed by atoms with van der Waals surface area (Å²) in [5.74, 6) is 0.611. The molecule has 0 aliphatic heterocycles. The first-order chi connectivity index (χ1) is 17.4. The Hall–Kier alpha value is -3.91. The second kappa shape index (κ2) is 9.62. The van der Waals surface area contributed by atoms with Crippen LogP contribution in [0.3, 0.4) is 0 Å². The van der Waals surface area contributed by atoms with Crippen molar-refractivity contribution in [3.8, 4) is 5.69 Å². The van der Waals surface area contributed by atoms with Crippen LogP contribution < -0.4 is 5.56 Å². The number of aromatic nitrogens is 4. The molecule has 8 heteroatoms. The number of para-hydroxylation sites is 1. The maximum Gasteiger partial charge on any atom is 0.267 e. The number of aryl methyl sites for hydroxylation is 2. The molecule has 5 aromatic rings. The zero-order valence-corrected chi connectivity index (χ0v) is 21.5. The molecule has 7 nitrogen and oxygen atoms in total. The topological polar surface area (TPSA) is 72.5 Å². The van der Waals surface area contributed by atoms with Gasteiger partial charge in [-0.3, -0.25) is 14.0 Å². The summed E-state index contributed by atoms with van der Waals surface area (Å²) in [5.41, 5.74) is 4.42. The molecule has 2 heterocycles. The highest BCUT2D eigenvalue weighted by atomic mass is 32.2. The average molecular weight is 498 g/mol. The molecule has 1 unspecified atom stereocenters. The number of hydrogen-bond acceptors (Lipinski definition) is 5. The third-order valence-corrected chi connectivity index (χ3v) is 7.50. The van der Waals surface area contributed by atoms with Gasteiger partial charge in [0.05, 0.1) is 28.4 Å². The van der Waals surface area contributed by atoms with Crippen LogP contribution in [0, 0.1) is 13.8 Å². The van der Waals surface area contributed by atoms with Crippen LogP contribution in [0.5, 0.6) is 0 Å². The summed E-state index contributed by atoms with van der Waals surface area (Å²) in [4.78, 5) is 28.4. The van der Waals surface area contributed by atoms with Gasteiger partial charge in [-0.15, -0.1) is 10.2 Å². The summed E-state index contributed by atoms with van der Waals surface area (Å²) in [6.07, 6.45) is 0. The Morgan fingerprint density at radius 1 is 1.00 bits per heavy atom. The lowest BCUT2D eigenvalue weighted by Crippen LogP contribution is -2.31. The van der Waals surface area contributed by atoms with E-state index in [-0.39, 0.29) is 23.3 Å². The molecule has 0 saturated carbocycles. The molecule has 36 heavy (non-hydrogen) atoms. The van der Waals surface area contributed by atoms with Crippen LogP contribution in [-0.2, 0) is 4.79 Å². The van der Waals surface area contributed by atoms with Crippen molar-refractivity contribution in [2.75, 3.05) is 12.8 Å². The summed E-state index contributed by atoms with van der Waals surface area (Å²) in [6.45, 7) is 5.98. The largest absolute Gasteiger partial charge is 0.338 e. The zero-order chi connectivity index (χ0) is 25.4. The molecule has 0 radical (unpaired) electrons. The van der Waals surface area contributed by atoms with E-state index >= 15 is 0 Å². The van der Waals surface area contributed by atoms with E-state index in [9.17, 15) is 9.59 Å². The van der Waals surface area contributed by atoms with E-state index in [0.29, 0.717) is 21.8 Å². The number of rotatable bonds is 6. The van der Waals surface area contributed by atoms with Gasteiger partial charge in [0.25, 0.3) is 5.56 Å². The van der Waals surface area contributed by atoms with E-state index in [4.69, 9.17) is 0 Å². The summed E-state index contributed by atoms with van der Waals surface area (Å²) in [7, 11) is 1.82. The van der Waals surface area contributed by atoms with Crippen molar-refractivity contribution in [1.29, 1.82) is 0 Å². The van der Waals surface area contributed by atoms with Crippen molar-refractivity contribution >= 4 is 34.3 Å². The monoisotopic (exact) mass is 497 g/mol. The van der Waals surface area contributed by atoms with E-state index in [1.165, 1.54) is 11.8 Å². The van der Waals surface area contributed by atoms with Gasteiger partial charge in [-0.1, -0.05) is 66.4 Å². The Labute approximate surface area is 213 Å². The molecule has 3 aromatic carbocycles. The van der Waals surface area contributed by atoms with Crippen LogP contribution in [0.2, 0.25) is 0 Å². The van der Waals surface area contributed by atoms with Gasteiger partial charge >= 0.3 is 0 Å². The molecule has 5 rings (SSSR count). The van der Waals surface area contributed by atoms with Gasteiger partial charge in [-0.05, 0) is 55.7 Å². The van der Waals surface area contributed by atoms with E-state index in [2.05, 4.69) is 10.2 Å². The van der Waals surface area contributed by atoms with Crippen molar-refractivity contribution in [2.45, 2.75) is 32.0 Å². The van der Waals surface area contributed by atoms with Crippen molar-refractivity contribution in [3.63, 3.8) is 0 Å².